The van der Waals surface area contributed by atoms with Crippen molar-refractivity contribution < 1.29 is 57.4 Å². The lowest BCUT2D eigenvalue weighted by molar-refractivity contribution is -0.350. The minimum Gasteiger partial charge on any atom is -0.337 e. The highest BCUT2D eigenvalue weighted by Crippen LogP contribution is 2.56. The number of carbonyl (C=O) groups excluding carboxylic acids is 1. The predicted molar refractivity (Wildman–Crippen MR) is 138 cm³/mol. The van der Waals surface area contributed by atoms with E-state index in [2.05, 4.69) is 4.98 Å². The van der Waals surface area contributed by atoms with Crippen molar-refractivity contribution in [2.24, 2.45) is 5.92 Å². The van der Waals surface area contributed by atoms with E-state index >= 15 is 0 Å². The lowest BCUT2D eigenvalue weighted by Gasteiger charge is -2.44. The molecule has 3 heterocycles. The first-order valence-electron chi connectivity index (χ1n) is 13.1. The molecule has 2 aromatic rings. The Morgan fingerprint density at radius 2 is 1.51 bits per heavy atom. The molecule has 43 heavy (non-hydrogen) atoms. The Bertz CT molecular complexity index is 1510. The number of halogens is 8. The second-order valence-electron chi connectivity index (χ2n) is 11.0. The smallest absolute Gasteiger partial charge is 0.337 e. The van der Waals surface area contributed by atoms with Gasteiger partial charge in [-0.1, -0.05) is 6.07 Å². The Morgan fingerprint density at radius 3 is 2.07 bits per heavy atom. The molecule has 1 aliphatic carbocycles. The SMILES string of the molecule is O=C(C1CCS(O)(O)CC1)N1CCC2(S(=O)(=O)c3ccc(F)cc3)c3ccc(C(F)(C(F)(F)F)C(F)(F)F)nc3CCC12. The van der Waals surface area contributed by atoms with Gasteiger partial charge in [0.05, 0.1) is 16.6 Å². The number of hydrogen-bond acceptors (Lipinski definition) is 6. The number of carbonyl (C=O) groups is 1. The molecule has 2 fully saturated rings. The average molecular weight is 663 g/mol. The third kappa shape index (κ3) is 4.90. The minimum atomic E-state index is -6.43. The molecule has 0 radical (unpaired) electrons. The van der Waals surface area contributed by atoms with Gasteiger partial charge in [-0.2, -0.15) is 36.9 Å². The fourth-order valence-corrected chi connectivity index (χ4v) is 10.4. The standard InChI is InChI=1S/C26H26F8N2O5S2/c27-16-1-3-17(4-2-16)43(40,41)23-11-12-36(22(37)15-9-13-42(38,39)14-10-15)21(23)8-6-19-18(23)5-7-20(35-19)24(28,25(29,30)31)26(32,33)34/h1-5,7,15,21,38-39H,6,8-14H2. The molecule has 7 nitrogen and oxygen atoms in total. The number of aryl methyl sites for hydroxylation is 1. The number of hydrogen-bond donors (Lipinski definition) is 2. The zero-order chi connectivity index (χ0) is 31.8. The van der Waals surface area contributed by atoms with Crippen molar-refractivity contribution in [3.8, 4) is 0 Å². The van der Waals surface area contributed by atoms with Crippen LogP contribution in [-0.2, 0) is 31.5 Å². The van der Waals surface area contributed by atoms with Crippen LogP contribution < -0.4 is 0 Å². The summed E-state index contributed by atoms with van der Waals surface area (Å²) in [5, 5.41) is 0. The van der Waals surface area contributed by atoms with E-state index in [4.69, 9.17) is 0 Å². The van der Waals surface area contributed by atoms with Crippen LogP contribution in [0.3, 0.4) is 0 Å². The van der Waals surface area contributed by atoms with Gasteiger partial charge in [0.15, 0.2) is 9.84 Å². The molecule has 5 rings (SSSR count). The van der Waals surface area contributed by atoms with Crippen molar-refractivity contribution >= 4 is 26.3 Å². The summed E-state index contributed by atoms with van der Waals surface area (Å²) in [5.74, 6) is -1.97. The number of pyridine rings is 1. The van der Waals surface area contributed by atoms with Crippen LogP contribution in [0.2, 0.25) is 0 Å². The number of likely N-dealkylation sites (tertiary alicyclic amines) is 1. The lowest BCUT2D eigenvalue weighted by atomic mass is 9.80. The summed E-state index contributed by atoms with van der Waals surface area (Å²) in [4.78, 5) is 18.0. The van der Waals surface area contributed by atoms with Gasteiger partial charge in [-0.05, 0) is 68.0 Å². The summed E-state index contributed by atoms with van der Waals surface area (Å²) >= 11 is 0. The van der Waals surface area contributed by atoms with Gasteiger partial charge in [0.25, 0.3) is 0 Å². The number of alkyl halides is 7. The molecule has 1 amide bonds. The summed E-state index contributed by atoms with van der Waals surface area (Å²) in [5.41, 5.74) is -8.58. The molecule has 2 atom stereocenters. The Labute approximate surface area is 242 Å². The maximum Gasteiger partial charge on any atom is 0.437 e. The van der Waals surface area contributed by atoms with Crippen molar-refractivity contribution in [3.63, 3.8) is 0 Å². The monoisotopic (exact) mass is 662 g/mol. The third-order valence-electron chi connectivity index (χ3n) is 8.68. The second kappa shape index (κ2) is 10.3. The zero-order valence-corrected chi connectivity index (χ0v) is 23.8. The molecule has 0 saturated carbocycles. The number of nitrogens with zero attached hydrogens (tertiary/aromatic N) is 2. The van der Waals surface area contributed by atoms with Crippen LogP contribution in [0, 0.1) is 11.7 Å². The van der Waals surface area contributed by atoms with Gasteiger partial charge in [0.1, 0.15) is 10.6 Å². The molecule has 17 heteroatoms. The summed E-state index contributed by atoms with van der Waals surface area (Å²) in [6, 6.07) is 3.38. The quantitative estimate of drug-likeness (QED) is 0.313. The van der Waals surface area contributed by atoms with Gasteiger partial charge >= 0.3 is 18.0 Å². The van der Waals surface area contributed by atoms with Gasteiger partial charge < -0.3 is 4.90 Å². The highest BCUT2D eigenvalue weighted by molar-refractivity contribution is 8.24. The van der Waals surface area contributed by atoms with Crippen LogP contribution in [0.4, 0.5) is 35.1 Å². The number of benzene rings is 1. The van der Waals surface area contributed by atoms with Crippen LogP contribution in [0.15, 0.2) is 41.3 Å². The molecule has 3 aliphatic rings. The minimum absolute atomic E-state index is 0.0279. The van der Waals surface area contributed by atoms with Crippen LogP contribution in [-0.4, -0.2) is 69.8 Å². The van der Waals surface area contributed by atoms with E-state index in [0.29, 0.717) is 6.07 Å². The molecule has 2 aliphatic heterocycles. The van der Waals surface area contributed by atoms with Crippen molar-refractivity contribution in [3.05, 3.63) is 59.2 Å². The van der Waals surface area contributed by atoms with Crippen molar-refractivity contribution in [2.45, 2.75) is 65.8 Å². The molecular formula is C26H26F8N2O5S2. The number of rotatable bonds is 4. The van der Waals surface area contributed by atoms with Gasteiger partial charge in [-0.15, -0.1) is 0 Å². The summed E-state index contributed by atoms with van der Waals surface area (Å²) in [6.45, 7) is -0.157. The highest BCUT2D eigenvalue weighted by atomic mass is 32.3. The first-order valence-corrected chi connectivity index (χ1v) is 16.5. The maximum absolute atomic E-state index is 14.9. The fourth-order valence-electron chi connectivity index (χ4n) is 6.49. The van der Waals surface area contributed by atoms with E-state index in [1.54, 1.807) is 0 Å². The highest BCUT2D eigenvalue weighted by Gasteiger charge is 2.75. The van der Waals surface area contributed by atoms with E-state index in [9.17, 15) is 57.4 Å². The molecule has 2 saturated heterocycles. The summed E-state index contributed by atoms with van der Waals surface area (Å²) in [7, 11) is -7.47. The summed E-state index contributed by atoms with van der Waals surface area (Å²) < 4.78 is 156. The van der Waals surface area contributed by atoms with Gasteiger partial charge in [-0.25, -0.2) is 17.2 Å². The van der Waals surface area contributed by atoms with E-state index < -0.39 is 83.2 Å². The number of sulfone groups is 1. The van der Waals surface area contributed by atoms with Crippen LogP contribution in [0.1, 0.15) is 42.6 Å². The zero-order valence-electron chi connectivity index (χ0n) is 22.1. The number of aromatic nitrogens is 1. The molecule has 0 spiro atoms. The largest absolute Gasteiger partial charge is 0.437 e. The predicted octanol–water partition coefficient (Wildman–Crippen LogP) is 5.89. The van der Waals surface area contributed by atoms with Crippen molar-refractivity contribution in [1.82, 2.24) is 9.88 Å². The molecule has 0 bridgehead atoms. The normalized spacial score (nSPS) is 25.6. The van der Waals surface area contributed by atoms with Gasteiger partial charge in [0.2, 0.25) is 5.91 Å². The molecule has 238 valence electrons. The third-order valence-corrected chi connectivity index (χ3v) is 13.0. The topological polar surface area (TPSA) is 108 Å². The number of amides is 1. The van der Waals surface area contributed by atoms with E-state index in [-0.39, 0.29) is 61.8 Å². The van der Waals surface area contributed by atoms with Gasteiger partial charge in [-0.3, -0.25) is 18.9 Å². The summed E-state index contributed by atoms with van der Waals surface area (Å²) in [6.07, 6.45) is -13.5. The molecule has 2 N–H and O–H groups in total. The average Bonchev–Trinajstić information content (AvgIpc) is 3.32. The van der Waals surface area contributed by atoms with E-state index in [0.717, 1.165) is 24.3 Å². The Balaban J connectivity index is 1.64. The fraction of sp³-hybridized carbons (Fsp3) is 0.538. The Kier molecular flexibility index (Phi) is 7.62. The van der Waals surface area contributed by atoms with E-state index in [1.807, 2.05) is 0 Å². The maximum atomic E-state index is 14.9. The Morgan fingerprint density at radius 1 is 0.930 bits per heavy atom. The Hall–Kier alpha value is -2.50. The van der Waals surface area contributed by atoms with Crippen molar-refractivity contribution in [1.29, 1.82) is 0 Å². The number of fused-ring (bicyclic) bond motifs is 3. The first-order chi connectivity index (χ1) is 19.8. The molecule has 1 aromatic carbocycles. The van der Waals surface area contributed by atoms with Crippen LogP contribution >= 0.6 is 10.6 Å². The molecule has 2 unspecified atom stereocenters. The van der Waals surface area contributed by atoms with E-state index in [1.165, 1.54) is 4.90 Å². The van der Waals surface area contributed by atoms with Crippen LogP contribution in [0.25, 0.3) is 0 Å². The molecule has 1 aromatic heterocycles. The molecular weight excluding hydrogens is 636 g/mol. The van der Waals surface area contributed by atoms with Crippen LogP contribution in [0.5, 0.6) is 0 Å². The van der Waals surface area contributed by atoms with Crippen molar-refractivity contribution in [2.75, 3.05) is 18.1 Å². The lowest BCUT2D eigenvalue weighted by Crippen LogP contribution is -2.54. The second-order valence-corrected chi connectivity index (χ2v) is 15.6. The first kappa shape index (κ1) is 31.9. The van der Waals surface area contributed by atoms with Gasteiger partial charge in [0, 0.05) is 29.7 Å².